The van der Waals surface area contributed by atoms with Crippen LogP contribution in [0, 0.1) is 0 Å². The monoisotopic (exact) mass is 2800 g/mol. The molecule has 0 saturated heterocycles. The quantitative estimate of drug-likeness (QED) is 0.162. The molecule has 0 fully saturated rings. The fourth-order valence-corrected chi connectivity index (χ4v) is 39.6. The van der Waals surface area contributed by atoms with Gasteiger partial charge in [0, 0.05) is 0 Å². The van der Waals surface area contributed by atoms with Gasteiger partial charge in [-0.3, -0.25) is 0 Å². The van der Waals surface area contributed by atoms with Crippen LogP contribution >= 0.6 is 474 Å². The van der Waals surface area contributed by atoms with Gasteiger partial charge in [-0.1, -0.05) is 429 Å². The van der Waals surface area contributed by atoms with Crippen molar-refractivity contribution < 1.29 is 5.11 Å². The van der Waals surface area contributed by atoms with Gasteiger partial charge in [-0.05, 0) is 45.2 Å². The molecule has 0 heterocycles. The van der Waals surface area contributed by atoms with E-state index in [1.165, 1.54) is 0 Å². The van der Waals surface area contributed by atoms with Crippen LogP contribution in [-0.2, 0) is 5.11 Å². The summed E-state index contributed by atoms with van der Waals surface area (Å²) < 4.78 is -3.23. The largest absolute Gasteiger partial charge is 0.229 e. The zero-order valence-electron chi connectivity index (χ0n) is 13.3. The number of hydrogen-bond acceptors (Lipinski definition) is 0. The van der Waals surface area contributed by atoms with E-state index >= 15 is 0 Å². The third kappa shape index (κ3) is 9.58. The third-order valence-corrected chi connectivity index (χ3v) is 64.8. The standard InChI is InChI=1S/C10I21O/c11-1(8(24,25)26,9(27,28)29)2(12,13)3(14,15)4(16,17)5(18,19)6(20,21)7(22,23)10(30,31)32. The van der Waals surface area contributed by atoms with Crippen molar-refractivity contribution in [1.82, 2.24) is 0 Å². The van der Waals surface area contributed by atoms with Crippen molar-refractivity contribution in [3.63, 3.8) is 0 Å². The van der Waals surface area contributed by atoms with Crippen molar-refractivity contribution in [2.75, 3.05) is 0 Å². The van der Waals surface area contributed by atoms with Crippen LogP contribution in [0.4, 0.5) is 0 Å². The number of alkyl halides is 21. The molecule has 0 atom stereocenters. The predicted octanol–water partition coefficient (Wildman–Crippen LogP) is 16.4. The molecule has 0 unspecified atom stereocenters. The first-order valence-electron chi connectivity index (χ1n) is 6.42. The Morgan fingerprint density at radius 3 is 0.656 bits per heavy atom. The first-order valence-corrected chi connectivity index (χ1v) is 29.1. The summed E-state index contributed by atoms with van der Waals surface area (Å²) in [6.45, 7) is 0. The molecule has 0 aliphatic rings. The fourth-order valence-electron chi connectivity index (χ4n) is 1.70. The van der Waals surface area contributed by atoms with E-state index in [0.29, 0.717) is 0 Å². The van der Waals surface area contributed by atoms with Gasteiger partial charge in [-0.15, -0.1) is 0 Å². The highest BCUT2D eigenvalue weighted by atomic mass is 127. The van der Waals surface area contributed by atoms with Crippen molar-refractivity contribution in [2.24, 2.45) is 0 Å². The van der Waals surface area contributed by atoms with Gasteiger partial charge in [0.15, 0.2) is 0 Å². The van der Waals surface area contributed by atoms with Crippen molar-refractivity contribution in [3.8, 4) is 0 Å². The maximum atomic E-state index is 13.3. The van der Waals surface area contributed by atoms with Crippen LogP contribution in [-0.4, -0.2) is 12.5 Å². The van der Waals surface area contributed by atoms with Crippen LogP contribution < -0.4 is 0 Å². The first-order chi connectivity index (χ1) is 13.2. The van der Waals surface area contributed by atoms with Gasteiger partial charge in [0.2, 0.25) is 1.61 Å². The number of hydrogen-bond donors (Lipinski definition) is 0. The molecule has 0 spiro atoms. The Morgan fingerprint density at radius 2 is 0.469 bits per heavy atom. The molecule has 1 radical (unpaired) electrons. The molecule has 193 valence electrons. The molecule has 0 saturated carbocycles. The van der Waals surface area contributed by atoms with Gasteiger partial charge >= 0.3 is 0 Å². The molecule has 0 bridgehead atoms. The summed E-state index contributed by atoms with van der Waals surface area (Å²) in [4.78, 5) is 0. The van der Waals surface area contributed by atoms with E-state index in [9.17, 15) is 5.11 Å². The Balaban J connectivity index is 7.19. The van der Waals surface area contributed by atoms with Gasteiger partial charge in [0.1, 0.15) is 10.9 Å². The minimum atomic E-state index is -1.17. The minimum absolute atomic E-state index is 0.0481. The Labute approximate surface area is 475 Å². The normalized spacial score (nSPS) is 17.1. The van der Waals surface area contributed by atoms with E-state index < -0.39 is 3.04 Å². The summed E-state index contributed by atoms with van der Waals surface area (Å²) in [5, 5.41) is 13.3. The zero-order valence-corrected chi connectivity index (χ0v) is 58.7. The Kier molecular flexibility index (Phi) is 24.8. The molecule has 0 aromatic rings. The molecule has 1 nitrogen and oxygen atoms in total. The van der Waals surface area contributed by atoms with Crippen LogP contribution in [0.15, 0.2) is 0 Å². The maximum Gasteiger partial charge on any atom is 0.229 e. The Morgan fingerprint density at radius 1 is 0.281 bits per heavy atom. The maximum absolute atomic E-state index is 13.3. The average Bonchev–Trinajstić information content (AvgIpc) is 2.49. The van der Waals surface area contributed by atoms with Gasteiger partial charge in [0.25, 0.3) is 0 Å². The van der Waals surface area contributed by atoms with Crippen LogP contribution in [0.25, 0.3) is 0 Å². The topological polar surface area (TPSA) is 19.9 Å². The van der Waals surface area contributed by atoms with Crippen molar-refractivity contribution in [2.45, 2.75) is 12.5 Å². The minimum Gasteiger partial charge on any atom is -0.204 e. The molecule has 0 aliphatic carbocycles. The summed E-state index contributed by atoms with van der Waals surface area (Å²) in [5.41, 5.74) is 0. The molecule has 0 rings (SSSR count). The zero-order chi connectivity index (χ0) is 27.0. The highest BCUT2D eigenvalue weighted by Gasteiger charge is 2.80. The summed E-state index contributed by atoms with van der Waals surface area (Å²) in [5.74, 6) is 0. The molecule has 0 N–H and O–H groups in total. The first kappa shape index (κ1) is 47.3. The number of rotatable bonds is 9. The molecule has 0 aromatic heterocycles. The lowest BCUT2D eigenvalue weighted by molar-refractivity contribution is 0.161. The summed E-state index contributed by atoms with van der Waals surface area (Å²) >= 11 is 53.9. The molecular weight excluding hydrogens is 2800 g/mol. The summed E-state index contributed by atoms with van der Waals surface area (Å²) in [6.07, 6.45) is 0. The molecule has 0 aliphatic heterocycles. The highest BCUT2D eigenvalue weighted by molar-refractivity contribution is 14.3. The fraction of sp³-hybridized carbons (Fsp3) is 1.00. The molecular formula is C10I21O. The predicted molar refractivity (Wildman–Crippen MR) is 322 cm³/mol. The van der Waals surface area contributed by atoms with E-state index in [2.05, 4.69) is 474 Å². The molecule has 0 aromatic carbocycles. The molecule has 0 amide bonds. The second-order valence-corrected chi connectivity index (χ2v) is 66.2. The van der Waals surface area contributed by atoms with E-state index in [-0.39, 0.29) is 9.43 Å². The van der Waals surface area contributed by atoms with E-state index in [1.807, 2.05) is 0 Å². The lowest BCUT2D eigenvalue weighted by Gasteiger charge is -2.61. The van der Waals surface area contributed by atoms with Crippen molar-refractivity contribution >= 4 is 474 Å². The van der Waals surface area contributed by atoms with Crippen molar-refractivity contribution in [1.29, 1.82) is 0 Å². The van der Waals surface area contributed by atoms with Crippen LogP contribution in [0.3, 0.4) is 0 Å². The van der Waals surface area contributed by atoms with Gasteiger partial charge in [-0.2, -0.15) is 0 Å². The number of halogens is 21. The van der Waals surface area contributed by atoms with Crippen LogP contribution in [0.1, 0.15) is 0 Å². The average molecular weight is 2800 g/mol. The van der Waals surface area contributed by atoms with E-state index in [4.69, 9.17) is 0 Å². The lowest BCUT2D eigenvalue weighted by Crippen LogP contribution is -2.71. The van der Waals surface area contributed by atoms with E-state index in [1.54, 1.807) is 0 Å². The summed E-state index contributed by atoms with van der Waals surface area (Å²) in [7, 11) is 0. The SMILES string of the molecule is [O]C(I)(I)C(I)(I)C(I)(I)C(I)(I)C(I)(I)C(I)(I)C(I)(I)C(I)(C(I)(I)I)C(I)(I)I. The highest BCUT2D eigenvalue weighted by Crippen LogP contribution is 2.81. The van der Waals surface area contributed by atoms with Gasteiger partial charge < -0.3 is 0 Å². The van der Waals surface area contributed by atoms with Gasteiger partial charge in [-0.25, -0.2) is 5.11 Å². The lowest BCUT2D eigenvalue weighted by atomic mass is 10.0. The molecule has 22 heteroatoms. The Bertz CT molecular complexity index is 675. The second kappa shape index (κ2) is 16.8. The molecule has 32 heavy (non-hydrogen) atoms. The second-order valence-electron chi connectivity index (χ2n) is 5.62. The summed E-state index contributed by atoms with van der Waals surface area (Å²) in [6, 6.07) is 0. The Hall–Kier alpha value is 15.3. The third-order valence-electron chi connectivity index (χ3n) is 3.55. The van der Waals surface area contributed by atoms with Crippen LogP contribution in [0.5, 0.6) is 0 Å². The van der Waals surface area contributed by atoms with Crippen LogP contribution in [0.2, 0.25) is 0 Å². The van der Waals surface area contributed by atoms with E-state index in [0.717, 1.165) is 0 Å². The van der Waals surface area contributed by atoms with Crippen molar-refractivity contribution in [3.05, 3.63) is 0 Å². The van der Waals surface area contributed by atoms with Gasteiger partial charge in [0.05, 0.1) is 0 Å². The smallest absolute Gasteiger partial charge is 0.204 e.